The molecule has 0 atom stereocenters. The van der Waals surface area contributed by atoms with Crippen molar-refractivity contribution in [1.82, 2.24) is 14.3 Å². The molecule has 1 aliphatic rings. The number of imidazole rings is 1. The van der Waals surface area contributed by atoms with Gasteiger partial charge in [-0.05, 0) is 25.0 Å². The van der Waals surface area contributed by atoms with Crippen molar-refractivity contribution in [3.05, 3.63) is 24.3 Å². The van der Waals surface area contributed by atoms with Gasteiger partial charge in [0.2, 0.25) is 15.9 Å². The summed E-state index contributed by atoms with van der Waals surface area (Å²) in [5.74, 6) is 0.0917. The van der Waals surface area contributed by atoms with E-state index in [0.29, 0.717) is 16.2 Å². The molecule has 3 rings (SSSR count). The van der Waals surface area contributed by atoms with Gasteiger partial charge >= 0.3 is 0 Å². The zero-order chi connectivity index (χ0) is 17.2. The molecule has 1 aromatic carbocycles. The smallest absolute Gasteiger partial charge is 0.238 e. The van der Waals surface area contributed by atoms with Crippen molar-refractivity contribution in [2.45, 2.75) is 43.3 Å². The molecular formula is C16H21N3O3S2. The summed E-state index contributed by atoms with van der Waals surface area (Å²) in [5, 5.41) is 3.37. The van der Waals surface area contributed by atoms with E-state index in [1.807, 2.05) is 6.07 Å². The maximum absolute atomic E-state index is 12.1. The number of aromatic nitrogens is 2. The van der Waals surface area contributed by atoms with Gasteiger partial charge in [0.1, 0.15) is 0 Å². The van der Waals surface area contributed by atoms with Gasteiger partial charge in [0, 0.05) is 6.04 Å². The third-order valence-corrected chi connectivity index (χ3v) is 6.21. The number of thioether (sulfide) groups is 1. The van der Waals surface area contributed by atoms with E-state index in [4.69, 9.17) is 0 Å². The summed E-state index contributed by atoms with van der Waals surface area (Å²) in [7, 11) is -3.49. The van der Waals surface area contributed by atoms with Crippen molar-refractivity contribution in [3.8, 4) is 0 Å². The Morgan fingerprint density at radius 3 is 2.71 bits per heavy atom. The first-order valence-electron chi connectivity index (χ1n) is 8.05. The molecule has 1 N–H and O–H groups in total. The number of amides is 1. The predicted octanol–water partition coefficient (Wildman–Crippen LogP) is 2.38. The van der Waals surface area contributed by atoms with E-state index in [0.717, 1.165) is 43.7 Å². The van der Waals surface area contributed by atoms with Crippen molar-refractivity contribution >= 4 is 38.7 Å². The zero-order valence-corrected chi connectivity index (χ0v) is 15.2. The molecule has 0 unspecified atom stereocenters. The Morgan fingerprint density at radius 2 is 2.00 bits per heavy atom. The zero-order valence-electron chi connectivity index (χ0n) is 13.6. The minimum atomic E-state index is -3.49. The Hall–Kier alpha value is -1.54. The quantitative estimate of drug-likeness (QED) is 0.821. The number of nitrogens with zero attached hydrogens (tertiary/aromatic N) is 2. The fourth-order valence-corrected chi connectivity index (χ4v) is 5.16. The van der Waals surface area contributed by atoms with Gasteiger partial charge < -0.3 is 5.32 Å². The highest BCUT2D eigenvalue weighted by atomic mass is 32.2. The van der Waals surface area contributed by atoms with E-state index >= 15 is 0 Å². The van der Waals surface area contributed by atoms with Gasteiger partial charge in [-0.3, -0.25) is 4.79 Å². The maximum Gasteiger partial charge on any atom is 0.238 e. The molecule has 24 heavy (non-hydrogen) atoms. The van der Waals surface area contributed by atoms with E-state index in [1.54, 1.807) is 18.2 Å². The van der Waals surface area contributed by atoms with Crippen molar-refractivity contribution in [2.24, 2.45) is 0 Å². The Morgan fingerprint density at radius 1 is 1.29 bits per heavy atom. The third kappa shape index (κ3) is 3.92. The summed E-state index contributed by atoms with van der Waals surface area (Å²) in [6.07, 6.45) is 6.74. The highest BCUT2D eigenvalue weighted by Crippen LogP contribution is 2.25. The Bertz CT molecular complexity index is 839. The molecular weight excluding hydrogens is 346 g/mol. The predicted molar refractivity (Wildman–Crippen MR) is 95.7 cm³/mol. The Balaban J connectivity index is 1.74. The first-order valence-corrected chi connectivity index (χ1v) is 10.9. The second-order valence-electron chi connectivity index (χ2n) is 6.10. The molecule has 2 aromatic rings. The van der Waals surface area contributed by atoms with E-state index < -0.39 is 10.0 Å². The fraction of sp³-hybridized carbons (Fsp3) is 0.500. The van der Waals surface area contributed by atoms with Crippen LogP contribution in [0.5, 0.6) is 0 Å². The van der Waals surface area contributed by atoms with E-state index in [-0.39, 0.29) is 17.7 Å². The van der Waals surface area contributed by atoms with Gasteiger partial charge in [0.25, 0.3) is 0 Å². The lowest BCUT2D eigenvalue weighted by Crippen LogP contribution is -2.37. The SMILES string of the molecule is CS(=O)(=O)n1c(SCC(=O)NC2CCCCC2)nc2ccccc21. The second kappa shape index (κ2) is 7.14. The van der Waals surface area contributed by atoms with Crippen LogP contribution in [-0.2, 0) is 14.8 Å². The van der Waals surface area contributed by atoms with Gasteiger partial charge in [0.15, 0.2) is 5.16 Å². The topological polar surface area (TPSA) is 81.1 Å². The first kappa shape index (κ1) is 17.3. The maximum atomic E-state index is 12.1. The van der Waals surface area contributed by atoms with Crippen LogP contribution < -0.4 is 5.32 Å². The summed E-state index contributed by atoms with van der Waals surface area (Å²) in [5.41, 5.74) is 1.15. The standard InChI is InChI=1S/C16H21N3O3S2/c1-24(21,22)19-14-10-6-5-9-13(14)18-16(19)23-11-15(20)17-12-7-3-2-4-8-12/h5-6,9-10,12H,2-4,7-8,11H2,1H3,(H,17,20). The molecule has 1 amide bonds. The van der Waals surface area contributed by atoms with Crippen LogP contribution in [0.1, 0.15) is 32.1 Å². The average molecular weight is 367 g/mol. The molecule has 8 heteroatoms. The van der Waals surface area contributed by atoms with Crippen LogP contribution in [0.4, 0.5) is 0 Å². The molecule has 1 heterocycles. The highest BCUT2D eigenvalue weighted by Gasteiger charge is 2.20. The summed E-state index contributed by atoms with van der Waals surface area (Å²) >= 11 is 1.16. The van der Waals surface area contributed by atoms with E-state index in [2.05, 4.69) is 10.3 Å². The minimum Gasteiger partial charge on any atom is -0.353 e. The monoisotopic (exact) mass is 367 g/mol. The molecule has 1 aromatic heterocycles. The number of carbonyl (C=O) groups excluding carboxylic acids is 1. The summed E-state index contributed by atoms with van der Waals surface area (Å²) in [6, 6.07) is 7.32. The highest BCUT2D eigenvalue weighted by molar-refractivity contribution is 8.00. The Labute approximate surface area is 146 Å². The number of carbonyl (C=O) groups is 1. The molecule has 1 aliphatic carbocycles. The van der Waals surface area contributed by atoms with Crippen LogP contribution in [-0.4, -0.2) is 41.3 Å². The van der Waals surface area contributed by atoms with Crippen molar-refractivity contribution in [1.29, 1.82) is 0 Å². The van der Waals surface area contributed by atoms with Crippen molar-refractivity contribution in [2.75, 3.05) is 12.0 Å². The minimum absolute atomic E-state index is 0.0704. The van der Waals surface area contributed by atoms with Gasteiger partial charge in [-0.2, -0.15) is 0 Å². The Kier molecular flexibility index (Phi) is 5.15. The summed E-state index contributed by atoms with van der Waals surface area (Å²) < 4.78 is 25.4. The number of hydrogen-bond donors (Lipinski definition) is 1. The number of benzene rings is 1. The van der Waals surface area contributed by atoms with Gasteiger partial charge in [0.05, 0.1) is 23.0 Å². The van der Waals surface area contributed by atoms with Crippen LogP contribution in [0.15, 0.2) is 29.4 Å². The van der Waals surface area contributed by atoms with E-state index in [9.17, 15) is 13.2 Å². The van der Waals surface area contributed by atoms with Crippen LogP contribution >= 0.6 is 11.8 Å². The van der Waals surface area contributed by atoms with Crippen molar-refractivity contribution < 1.29 is 13.2 Å². The van der Waals surface area contributed by atoms with Gasteiger partial charge in [-0.15, -0.1) is 0 Å². The van der Waals surface area contributed by atoms with Crippen molar-refractivity contribution in [3.63, 3.8) is 0 Å². The average Bonchev–Trinajstić information content (AvgIpc) is 2.92. The fourth-order valence-electron chi connectivity index (χ4n) is 3.04. The molecule has 0 radical (unpaired) electrons. The summed E-state index contributed by atoms with van der Waals surface area (Å²) in [6.45, 7) is 0. The molecule has 1 saturated carbocycles. The van der Waals surface area contributed by atoms with Gasteiger partial charge in [-0.25, -0.2) is 17.4 Å². The van der Waals surface area contributed by atoms with Crippen LogP contribution in [0.2, 0.25) is 0 Å². The van der Waals surface area contributed by atoms with Crippen LogP contribution in [0.3, 0.4) is 0 Å². The number of nitrogens with one attached hydrogen (secondary N) is 1. The number of fused-ring (bicyclic) bond motifs is 1. The van der Waals surface area contributed by atoms with E-state index in [1.165, 1.54) is 10.4 Å². The molecule has 0 saturated heterocycles. The number of rotatable bonds is 5. The first-order chi connectivity index (χ1) is 11.4. The molecule has 130 valence electrons. The number of hydrogen-bond acceptors (Lipinski definition) is 5. The van der Waals surface area contributed by atoms with Crippen LogP contribution in [0.25, 0.3) is 11.0 Å². The lowest BCUT2D eigenvalue weighted by Gasteiger charge is -2.22. The number of para-hydroxylation sites is 2. The molecule has 0 spiro atoms. The molecule has 0 aliphatic heterocycles. The molecule has 0 bridgehead atoms. The van der Waals surface area contributed by atoms with Crippen LogP contribution in [0, 0.1) is 0 Å². The third-order valence-electron chi connectivity index (χ3n) is 4.12. The normalized spacial score (nSPS) is 16.4. The van der Waals surface area contributed by atoms with Gasteiger partial charge in [-0.1, -0.05) is 43.2 Å². The lowest BCUT2D eigenvalue weighted by atomic mass is 9.95. The molecule has 6 nitrogen and oxygen atoms in total. The summed E-state index contributed by atoms with van der Waals surface area (Å²) in [4.78, 5) is 16.5. The second-order valence-corrected chi connectivity index (χ2v) is 8.88. The molecule has 1 fully saturated rings. The largest absolute Gasteiger partial charge is 0.353 e. The lowest BCUT2D eigenvalue weighted by molar-refractivity contribution is -0.119.